The second kappa shape index (κ2) is 6.06. The molecule has 0 bridgehead atoms. The maximum Gasteiger partial charge on any atom is 0.302 e. The van der Waals surface area contributed by atoms with E-state index in [4.69, 9.17) is 0 Å². The first-order chi connectivity index (χ1) is 10.5. The van der Waals surface area contributed by atoms with E-state index in [0.717, 1.165) is 18.5 Å². The van der Waals surface area contributed by atoms with Crippen LogP contribution in [0.15, 0.2) is 42.5 Å². The first-order valence-electron chi connectivity index (χ1n) is 7.33. The minimum atomic E-state index is -3.57. The second-order valence-corrected chi connectivity index (χ2v) is 7.11. The lowest BCUT2D eigenvalue weighted by atomic mass is 10.0. The predicted octanol–water partition coefficient (Wildman–Crippen LogP) is 2.15. The topological polar surface area (TPSA) is 62.3 Å². The molecule has 1 N–H and O–H groups in total. The smallest absolute Gasteiger partial charge is 0.254 e. The standard InChI is InChI=1S/C16H19N3O2S/c1-13-5-4-8-16(17-13)18-22(20,21)19-11-9-14-6-2-3-7-15(14)10-12-19/h2-8H,9-12H2,1H3,(H,17,18). The number of fused-ring (bicyclic) bond motifs is 1. The average Bonchev–Trinajstić information content (AvgIpc) is 2.69. The predicted molar refractivity (Wildman–Crippen MR) is 86.9 cm³/mol. The van der Waals surface area contributed by atoms with Crippen LogP contribution in [-0.4, -0.2) is 30.8 Å². The summed E-state index contributed by atoms with van der Waals surface area (Å²) in [5.74, 6) is 0.363. The molecule has 5 nitrogen and oxygen atoms in total. The van der Waals surface area contributed by atoms with Crippen LogP contribution in [0.1, 0.15) is 16.8 Å². The van der Waals surface area contributed by atoms with Crippen LogP contribution in [-0.2, 0) is 23.1 Å². The van der Waals surface area contributed by atoms with Crippen LogP contribution in [0, 0.1) is 6.92 Å². The van der Waals surface area contributed by atoms with Crippen molar-refractivity contribution in [3.63, 3.8) is 0 Å². The van der Waals surface area contributed by atoms with Crippen LogP contribution in [0.5, 0.6) is 0 Å². The van der Waals surface area contributed by atoms with Gasteiger partial charge in [0.15, 0.2) is 0 Å². The van der Waals surface area contributed by atoms with E-state index >= 15 is 0 Å². The van der Waals surface area contributed by atoms with Crippen molar-refractivity contribution in [3.8, 4) is 0 Å². The summed E-state index contributed by atoms with van der Waals surface area (Å²) in [6, 6.07) is 13.4. The minimum absolute atomic E-state index is 0.363. The lowest BCUT2D eigenvalue weighted by molar-refractivity contribution is 0.430. The Kier molecular flexibility index (Phi) is 4.13. The number of anilines is 1. The Hall–Kier alpha value is -1.92. The van der Waals surface area contributed by atoms with Gasteiger partial charge in [0.1, 0.15) is 5.82 Å². The molecule has 1 aromatic heterocycles. The van der Waals surface area contributed by atoms with E-state index in [0.29, 0.717) is 18.9 Å². The molecule has 0 aliphatic carbocycles. The normalized spacial score (nSPS) is 15.9. The summed E-state index contributed by atoms with van der Waals surface area (Å²) in [5.41, 5.74) is 3.24. The molecule has 1 aliphatic rings. The Morgan fingerprint density at radius 2 is 1.64 bits per heavy atom. The molecule has 2 aromatic rings. The second-order valence-electron chi connectivity index (χ2n) is 5.44. The summed E-state index contributed by atoms with van der Waals surface area (Å²) in [4.78, 5) is 4.20. The highest BCUT2D eigenvalue weighted by molar-refractivity contribution is 7.90. The van der Waals surface area contributed by atoms with E-state index in [1.807, 2.05) is 25.1 Å². The molecule has 0 fully saturated rings. The number of nitrogens with zero attached hydrogens (tertiary/aromatic N) is 2. The van der Waals surface area contributed by atoms with Crippen molar-refractivity contribution in [1.29, 1.82) is 0 Å². The molecule has 116 valence electrons. The third kappa shape index (κ3) is 3.28. The fourth-order valence-electron chi connectivity index (χ4n) is 2.68. The van der Waals surface area contributed by atoms with Crippen molar-refractivity contribution in [3.05, 3.63) is 59.3 Å². The fraction of sp³-hybridized carbons (Fsp3) is 0.312. The van der Waals surface area contributed by atoms with Gasteiger partial charge in [-0.25, -0.2) is 4.98 Å². The Bertz CT molecular complexity index is 747. The van der Waals surface area contributed by atoms with E-state index in [2.05, 4.69) is 21.8 Å². The highest BCUT2D eigenvalue weighted by atomic mass is 32.2. The molecule has 6 heteroatoms. The molecule has 1 aliphatic heterocycles. The monoisotopic (exact) mass is 317 g/mol. The van der Waals surface area contributed by atoms with Crippen molar-refractivity contribution in [2.24, 2.45) is 0 Å². The number of nitrogens with one attached hydrogen (secondary N) is 1. The third-order valence-corrected chi connectivity index (χ3v) is 5.35. The van der Waals surface area contributed by atoms with E-state index in [-0.39, 0.29) is 0 Å². The number of hydrogen-bond donors (Lipinski definition) is 1. The molecule has 22 heavy (non-hydrogen) atoms. The van der Waals surface area contributed by atoms with E-state index in [1.54, 1.807) is 12.1 Å². The van der Waals surface area contributed by atoms with Crippen LogP contribution in [0.25, 0.3) is 0 Å². The number of aromatic nitrogens is 1. The molecular weight excluding hydrogens is 298 g/mol. The Morgan fingerprint density at radius 1 is 1.00 bits per heavy atom. The van der Waals surface area contributed by atoms with Gasteiger partial charge in [0.25, 0.3) is 0 Å². The van der Waals surface area contributed by atoms with Crippen molar-refractivity contribution >= 4 is 16.0 Å². The molecule has 2 heterocycles. The number of benzene rings is 1. The van der Waals surface area contributed by atoms with Gasteiger partial charge < -0.3 is 0 Å². The van der Waals surface area contributed by atoms with Gasteiger partial charge in [-0.2, -0.15) is 12.7 Å². The van der Waals surface area contributed by atoms with Crippen molar-refractivity contribution < 1.29 is 8.42 Å². The molecule has 0 spiro atoms. The largest absolute Gasteiger partial charge is 0.302 e. The number of pyridine rings is 1. The molecule has 0 saturated heterocycles. The minimum Gasteiger partial charge on any atom is -0.254 e. The number of rotatable bonds is 3. The van der Waals surface area contributed by atoms with Gasteiger partial charge >= 0.3 is 10.2 Å². The summed E-state index contributed by atoms with van der Waals surface area (Å²) >= 11 is 0. The SMILES string of the molecule is Cc1cccc(NS(=O)(=O)N2CCc3ccccc3CC2)n1. The maximum absolute atomic E-state index is 12.5. The van der Waals surface area contributed by atoms with Gasteiger partial charge in [0.2, 0.25) is 0 Å². The van der Waals surface area contributed by atoms with Gasteiger partial charge in [-0.1, -0.05) is 30.3 Å². The van der Waals surface area contributed by atoms with Crippen LogP contribution in [0.2, 0.25) is 0 Å². The Morgan fingerprint density at radius 3 is 2.23 bits per heavy atom. The zero-order valence-electron chi connectivity index (χ0n) is 12.5. The van der Waals surface area contributed by atoms with Crippen LogP contribution in [0.4, 0.5) is 5.82 Å². The summed E-state index contributed by atoms with van der Waals surface area (Å²) in [7, 11) is -3.57. The molecular formula is C16H19N3O2S. The van der Waals surface area contributed by atoms with E-state index in [9.17, 15) is 8.42 Å². The average molecular weight is 317 g/mol. The summed E-state index contributed by atoms with van der Waals surface area (Å²) in [5, 5.41) is 0. The first-order valence-corrected chi connectivity index (χ1v) is 8.77. The molecule has 0 atom stereocenters. The molecule has 0 radical (unpaired) electrons. The molecule has 0 saturated carbocycles. The van der Waals surface area contributed by atoms with Gasteiger partial charge in [0.05, 0.1) is 0 Å². The first kappa shape index (κ1) is 15.0. The quantitative estimate of drug-likeness (QED) is 0.943. The summed E-state index contributed by atoms with van der Waals surface area (Å²) in [6.07, 6.45) is 1.47. The van der Waals surface area contributed by atoms with Gasteiger partial charge in [0, 0.05) is 18.8 Å². The lowest BCUT2D eigenvalue weighted by Gasteiger charge is -2.20. The highest BCUT2D eigenvalue weighted by Crippen LogP contribution is 2.18. The maximum atomic E-state index is 12.5. The van der Waals surface area contributed by atoms with Gasteiger partial charge in [-0.05, 0) is 43.0 Å². The molecule has 0 unspecified atom stereocenters. The van der Waals surface area contributed by atoms with E-state index < -0.39 is 10.2 Å². The number of hydrogen-bond acceptors (Lipinski definition) is 3. The lowest BCUT2D eigenvalue weighted by Crippen LogP contribution is -2.37. The van der Waals surface area contributed by atoms with Crippen molar-refractivity contribution in [1.82, 2.24) is 9.29 Å². The molecule has 3 rings (SSSR count). The van der Waals surface area contributed by atoms with Crippen molar-refractivity contribution in [2.45, 2.75) is 19.8 Å². The van der Waals surface area contributed by atoms with Crippen LogP contribution >= 0.6 is 0 Å². The van der Waals surface area contributed by atoms with Crippen LogP contribution < -0.4 is 4.72 Å². The fourth-order valence-corrected chi connectivity index (χ4v) is 3.85. The zero-order chi connectivity index (χ0) is 15.6. The Labute approximate surface area is 131 Å². The summed E-state index contributed by atoms with van der Waals surface area (Å²) < 4.78 is 29.2. The van der Waals surface area contributed by atoms with E-state index in [1.165, 1.54) is 15.4 Å². The summed E-state index contributed by atoms with van der Waals surface area (Å²) in [6.45, 7) is 2.80. The van der Waals surface area contributed by atoms with Gasteiger partial charge in [-0.15, -0.1) is 0 Å². The van der Waals surface area contributed by atoms with Gasteiger partial charge in [-0.3, -0.25) is 4.72 Å². The third-order valence-electron chi connectivity index (χ3n) is 3.84. The highest BCUT2D eigenvalue weighted by Gasteiger charge is 2.24. The van der Waals surface area contributed by atoms with Crippen LogP contribution in [0.3, 0.4) is 0 Å². The zero-order valence-corrected chi connectivity index (χ0v) is 13.3. The van der Waals surface area contributed by atoms with Crippen molar-refractivity contribution in [2.75, 3.05) is 17.8 Å². The number of aryl methyl sites for hydroxylation is 1. The molecule has 1 aromatic carbocycles. The Balaban J connectivity index is 1.76. The molecule has 0 amide bonds.